The molecule has 0 spiro atoms. The maximum absolute atomic E-state index is 2.89. The summed E-state index contributed by atoms with van der Waals surface area (Å²) < 4.78 is 0. The second-order valence-corrected chi connectivity index (χ2v) is 15.7. The SMILES string of the molecule is CCCCCCC=C[Si](CCCCCCCC)(CCCCCCCC)CCCCCCCC. The van der Waals surface area contributed by atoms with Gasteiger partial charge >= 0.3 is 0 Å². The quantitative estimate of drug-likeness (QED) is 0.0813. The van der Waals surface area contributed by atoms with Gasteiger partial charge < -0.3 is 0 Å². The largest absolute Gasteiger partial charge is 0.0981 e. The van der Waals surface area contributed by atoms with Crippen LogP contribution in [0.1, 0.15) is 175 Å². The van der Waals surface area contributed by atoms with E-state index in [4.69, 9.17) is 0 Å². The molecular formula is C32H66Si. The van der Waals surface area contributed by atoms with Crippen LogP contribution >= 0.6 is 0 Å². The summed E-state index contributed by atoms with van der Waals surface area (Å²) in [5.74, 6) is 0. The molecule has 0 bridgehead atoms. The standard InChI is InChI=1S/C32H66Si/c1-5-9-13-17-21-25-29-33(30-26-22-18-14-10-6-2,31-27-23-19-15-11-7-3)32-28-24-20-16-12-8-4/h25,29H,5-24,26-28,30-32H2,1-4H3. The lowest BCUT2D eigenvalue weighted by Gasteiger charge is -2.29. The van der Waals surface area contributed by atoms with Crippen LogP contribution in [0.5, 0.6) is 0 Å². The highest BCUT2D eigenvalue weighted by atomic mass is 28.3. The molecule has 198 valence electrons. The van der Waals surface area contributed by atoms with E-state index in [1.54, 1.807) is 18.1 Å². The Hall–Kier alpha value is -0.0431. The minimum Gasteiger partial charge on any atom is -0.0981 e. The van der Waals surface area contributed by atoms with Gasteiger partial charge in [0.15, 0.2) is 0 Å². The zero-order chi connectivity index (χ0) is 24.3. The monoisotopic (exact) mass is 478 g/mol. The third kappa shape index (κ3) is 22.2. The van der Waals surface area contributed by atoms with Gasteiger partial charge in [0, 0.05) is 0 Å². The average Bonchev–Trinajstić information content (AvgIpc) is 2.83. The van der Waals surface area contributed by atoms with Crippen molar-refractivity contribution in [2.45, 2.75) is 194 Å². The number of hydrogen-bond acceptors (Lipinski definition) is 0. The fourth-order valence-electron chi connectivity index (χ4n) is 5.42. The van der Waals surface area contributed by atoms with E-state index in [2.05, 4.69) is 39.5 Å². The summed E-state index contributed by atoms with van der Waals surface area (Å²) in [5, 5.41) is 0. The van der Waals surface area contributed by atoms with Crippen LogP contribution in [0, 0.1) is 0 Å². The molecule has 0 aromatic rings. The Morgan fingerprint density at radius 1 is 0.364 bits per heavy atom. The first kappa shape index (κ1) is 33.0. The molecule has 0 atom stereocenters. The van der Waals surface area contributed by atoms with E-state index in [9.17, 15) is 0 Å². The Kier molecular flexibility index (Phi) is 26.5. The lowest BCUT2D eigenvalue weighted by Crippen LogP contribution is -2.32. The van der Waals surface area contributed by atoms with Gasteiger partial charge in [-0.3, -0.25) is 0 Å². The van der Waals surface area contributed by atoms with E-state index in [0.29, 0.717) is 0 Å². The van der Waals surface area contributed by atoms with Gasteiger partial charge in [-0.1, -0.05) is 192 Å². The van der Waals surface area contributed by atoms with Crippen molar-refractivity contribution in [3.05, 3.63) is 11.8 Å². The van der Waals surface area contributed by atoms with Crippen molar-refractivity contribution in [1.82, 2.24) is 0 Å². The van der Waals surface area contributed by atoms with Crippen LogP contribution in [0.4, 0.5) is 0 Å². The molecule has 0 aliphatic rings. The minimum absolute atomic E-state index is 1.25. The van der Waals surface area contributed by atoms with Crippen molar-refractivity contribution in [1.29, 1.82) is 0 Å². The van der Waals surface area contributed by atoms with Crippen LogP contribution in [-0.4, -0.2) is 8.07 Å². The van der Waals surface area contributed by atoms with Gasteiger partial charge in [-0.15, -0.1) is 0 Å². The third-order valence-corrected chi connectivity index (χ3v) is 12.8. The fraction of sp³-hybridized carbons (Fsp3) is 0.938. The predicted molar refractivity (Wildman–Crippen MR) is 158 cm³/mol. The predicted octanol–water partition coefficient (Wildman–Crippen LogP) is 12.6. The van der Waals surface area contributed by atoms with Gasteiger partial charge in [0.05, 0.1) is 8.07 Å². The highest BCUT2D eigenvalue weighted by molar-refractivity contribution is 6.84. The van der Waals surface area contributed by atoms with E-state index in [1.807, 2.05) is 0 Å². The Balaban J connectivity index is 4.86. The number of unbranched alkanes of at least 4 members (excludes halogenated alkanes) is 19. The average molecular weight is 479 g/mol. The first-order valence-corrected chi connectivity index (χ1v) is 18.6. The molecule has 0 aliphatic heterocycles. The van der Waals surface area contributed by atoms with Gasteiger partial charge in [-0.25, -0.2) is 0 Å². The van der Waals surface area contributed by atoms with E-state index in [1.165, 1.54) is 148 Å². The van der Waals surface area contributed by atoms with E-state index >= 15 is 0 Å². The summed E-state index contributed by atoms with van der Waals surface area (Å²) in [4.78, 5) is 0. The third-order valence-electron chi connectivity index (χ3n) is 7.78. The summed E-state index contributed by atoms with van der Waals surface area (Å²) in [6.07, 6.45) is 35.9. The van der Waals surface area contributed by atoms with Crippen molar-refractivity contribution < 1.29 is 0 Å². The fourth-order valence-corrected chi connectivity index (χ4v) is 10.2. The Labute approximate surface area is 213 Å². The topological polar surface area (TPSA) is 0 Å². The van der Waals surface area contributed by atoms with Crippen molar-refractivity contribution in [3.63, 3.8) is 0 Å². The van der Waals surface area contributed by atoms with E-state index < -0.39 is 8.07 Å². The van der Waals surface area contributed by atoms with Gasteiger partial charge in [-0.05, 0) is 12.8 Å². The van der Waals surface area contributed by atoms with Crippen molar-refractivity contribution in [2.24, 2.45) is 0 Å². The summed E-state index contributed by atoms with van der Waals surface area (Å²) in [6.45, 7) is 9.34. The first-order valence-electron chi connectivity index (χ1n) is 15.9. The van der Waals surface area contributed by atoms with E-state index in [0.717, 1.165) is 0 Å². The van der Waals surface area contributed by atoms with Crippen molar-refractivity contribution >= 4 is 8.07 Å². The molecule has 0 aliphatic carbocycles. The molecule has 0 fully saturated rings. The molecular weight excluding hydrogens is 412 g/mol. The van der Waals surface area contributed by atoms with Crippen molar-refractivity contribution in [3.8, 4) is 0 Å². The molecule has 0 nitrogen and oxygen atoms in total. The van der Waals surface area contributed by atoms with Crippen LogP contribution in [0.25, 0.3) is 0 Å². The minimum atomic E-state index is -1.25. The van der Waals surface area contributed by atoms with Crippen LogP contribution in [0.2, 0.25) is 18.1 Å². The lowest BCUT2D eigenvalue weighted by atomic mass is 10.1. The number of hydrogen-bond donors (Lipinski definition) is 0. The molecule has 1 heteroatoms. The maximum Gasteiger partial charge on any atom is 0.0774 e. The summed E-state index contributed by atoms with van der Waals surface area (Å²) in [6, 6.07) is 4.78. The molecule has 0 heterocycles. The zero-order valence-corrected chi connectivity index (χ0v) is 25.0. The lowest BCUT2D eigenvalue weighted by molar-refractivity contribution is 0.607. The first-order chi connectivity index (χ1) is 16.2. The highest BCUT2D eigenvalue weighted by Crippen LogP contribution is 2.31. The number of rotatable bonds is 27. The van der Waals surface area contributed by atoms with Crippen LogP contribution in [0.3, 0.4) is 0 Å². The molecule has 0 rings (SSSR count). The van der Waals surface area contributed by atoms with Gasteiger partial charge in [0.1, 0.15) is 0 Å². The summed E-state index contributed by atoms with van der Waals surface area (Å²) >= 11 is 0. The second-order valence-electron chi connectivity index (χ2n) is 11.2. The van der Waals surface area contributed by atoms with Crippen molar-refractivity contribution in [2.75, 3.05) is 0 Å². The van der Waals surface area contributed by atoms with Crippen LogP contribution in [0.15, 0.2) is 11.8 Å². The normalized spacial score (nSPS) is 12.2. The summed E-state index contributed by atoms with van der Waals surface area (Å²) in [5.41, 5.74) is 2.89. The molecule has 0 aromatic carbocycles. The molecule has 0 aromatic heterocycles. The molecule has 33 heavy (non-hydrogen) atoms. The molecule has 0 saturated heterocycles. The molecule has 0 saturated carbocycles. The zero-order valence-electron chi connectivity index (χ0n) is 24.0. The van der Waals surface area contributed by atoms with Gasteiger partial charge in [-0.2, -0.15) is 0 Å². The molecule has 0 amide bonds. The van der Waals surface area contributed by atoms with E-state index in [-0.39, 0.29) is 0 Å². The second kappa shape index (κ2) is 26.6. The van der Waals surface area contributed by atoms with Gasteiger partial charge in [0.2, 0.25) is 0 Å². The molecule has 0 unspecified atom stereocenters. The Morgan fingerprint density at radius 2 is 0.667 bits per heavy atom. The Bertz CT molecular complexity index is 345. The van der Waals surface area contributed by atoms with Crippen LogP contribution in [-0.2, 0) is 0 Å². The maximum atomic E-state index is 2.89. The molecule has 0 N–H and O–H groups in total. The van der Waals surface area contributed by atoms with Gasteiger partial charge in [0.25, 0.3) is 0 Å². The smallest absolute Gasteiger partial charge is 0.0774 e. The Morgan fingerprint density at radius 3 is 1.03 bits per heavy atom. The highest BCUT2D eigenvalue weighted by Gasteiger charge is 2.28. The molecule has 0 radical (unpaired) electrons. The van der Waals surface area contributed by atoms with Crippen LogP contribution < -0.4 is 0 Å². The number of allylic oxidation sites excluding steroid dienone is 1. The summed E-state index contributed by atoms with van der Waals surface area (Å²) in [7, 11) is -1.25.